The SMILES string of the molecule is CCOC(=O)c1cn(C)[nH]c1=O.CCOC(=O)c1cn(C)nc1OCC1OCCO1.CO[C@H]1/C=C/C[C@H](C)C[S@@](=O)(CC(=O)c2cn(C)nc2OCC2OCCO2)=NC(=O)c2ccc3c(c2)N(C[C@@H]2CC[C@H]21)C[C@@]1(CCCc2cc(Cl)ccc21)CO3.Cn1cc(C(=O)O)c(OCC2OCCO2)n1. The van der Waals surface area contributed by atoms with Gasteiger partial charge in [0.05, 0.1) is 86.7 Å². The third kappa shape index (κ3) is 19.6. The molecule has 3 saturated heterocycles. The van der Waals surface area contributed by atoms with Crippen LogP contribution in [-0.4, -0.2) is 214 Å². The van der Waals surface area contributed by atoms with Crippen LogP contribution in [0.5, 0.6) is 23.4 Å². The average Bonchev–Trinajstić information content (AvgIpc) is 1.45. The number of carbonyl (C=O) groups excluding carboxylic acids is 4. The van der Waals surface area contributed by atoms with Gasteiger partial charge in [0, 0.05) is 94.9 Å². The van der Waals surface area contributed by atoms with Crippen molar-refractivity contribution >= 4 is 56.6 Å². The minimum atomic E-state index is -3.42. The van der Waals surface area contributed by atoms with Crippen molar-refractivity contribution in [2.24, 2.45) is 50.3 Å². The van der Waals surface area contributed by atoms with Crippen molar-refractivity contribution in [3.05, 3.63) is 128 Å². The summed E-state index contributed by atoms with van der Waals surface area (Å²) in [4.78, 5) is 75.1. The number of nitrogens with zero attached hydrogens (tertiary/aromatic N) is 9. The number of rotatable bonds is 18. The number of aryl methyl sites for hydroxylation is 5. The molecule has 9 heterocycles. The van der Waals surface area contributed by atoms with Gasteiger partial charge in [0.1, 0.15) is 47.8 Å². The van der Waals surface area contributed by atoms with E-state index in [4.69, 9.17) is 73.5 Å². The predicted octanol–water partition coefficient (Wildman–Crippen LogP) is 6.54. The molecular formula is C69H89ClN10O21S. The van der Waals surface area contributed by atoms with E-state index in [-0.39, 0.29) is 83.9 Å². The van der Waals surface area contributed by atoms with E-state index >= 15 is 0 Å². The first-order chi connectivity index (χ1) is 49.0. The number of benzene rings is 2. The number of ether oxygens (including phenoxy) is 13. The number of aromatic amines is 1. The number of H-pyrrole nitrogens is 1. The summed E-state index contributed by atoms with van der Waals surface area (Å²) in [5.41, 5.74) is 3.47. The van der Waals surface area contributed by atoms with Crippen LogP contribution in [0.1, 0.15) is 116 Å². The van der Waals surface area contributed by atoms with Gasteiger partial charge >= 0.3 is 17.9 Å². The van der Waals surface area contributed by atoms with Gasteiger partial charge in [-0.05, 0) is 112 Å². The van der Waals surface area contributed by atoms with Gasteiger partial charge in [-0.1, -0.05) is 36.7 Å². The molecule has 102 heavy (non-hydrogen) atoms. The number of esters is 2. The Morgan fingerprint density at radius 1 is 0.735 bits per heavy atom. The lowest BCUT2D eigenvalue weighted by Gasteiger charge is -2.46. The highest BCUT2D eigenvalue weighted by atomic mass is 35.5. The molecule has 2 aromatic carbocycles. The standard InChI is InChI=1S/C42H51ClN4O8S.C11H16N2O5.C9H12N2O5.C7H10N2O3/c1-27-6-4-8-37(51-3)32-12-9-30(32)20-47-25-42(15-5-7-28-18-31(43)11-13-34(28)42)26-55-38-14-10-29(19-35(38)47)40(49)45-56(50,23-27)24-36(48)33-21-46(2)44-41(33)54-22-39-52-16-17-53-39;1-3-15-11(14)8-6-13(2)12-10(8)18-7-9-16-4-5-17-9;1-11-4-6(9(12)13)8(10-11)16-5-7-14-2-3-15-7;1-3-12-7(11)5-4-9(2)8-6(5)10/h4,8,10-11,13-14,18-19,21,27,30,32,37,39H,5-7,9,12,15-17,20,22-26H2,1-3H3;6,9H,3-5,7H2,1-2H3;4,7H,2-3,5H2,1H3,(H,12,13);4H,3H2,1-2H3,(H,8,10)/b8-4+;;;/t27-,30-,32+,37-,42-,56+;;;/m0.../s1. The molecule has 554 valence electrons. The number of methoxy groups -OCH3 is 1. The zero-order valence-corrected chi connectivity index (χ0v) is 60.0. The van der Waals surface area contributed by atoms with Gasteiger partial charge in [0.25, 0.3) is 11.5 Å². The Kier molecular flexibility index (Phi) is 26.2. The maximum absolute atomic E-state index is 14.9. The van der Waals surface area contributed by atoms with Crippen LogP contribution in [0.3, 0.4) is 0 Å². The van der Waals surface area contributed by atoms with E-state index in [1.54, 1.807) is 61.4 Å². The topological polar surface area (TPSA) is 349 Å². The van der Waals surface area contributed by atoms with Gasteiger partial charge in [-0.2, -0.15) is 4.36 Å². The lowest BCUT2D eigenvalue weighted by atomic mass is 9.68. The van der Waals surface area contributed by atoms with Crippen LogP contribution in [0, 0.1) is 17.8 Å². The molecule has 7 aliphatic rings. The molecule has 4 aromatic heterocycles. The lowest BCUT2D eigenvalue weighted by molar-refractivity contribution is -0.0695. The van der Waals surface area contributed by atoms with Crippen molar-refractivity contribution < 1.29 is 94.9 Å². The fourth-order valence-electron chi connectivity index (χ4n) is 13.0. The molecule has 2 aliphatic carbocycles. The third-order valence-electron chi connectivity index (χ3n) is 17.8. The van der Waals surface area contributed by atoms with Crippen molar-refractivity contribution in [3.8, 4) is 23.4 Å². The Labute approximate surface area is 594 Å². The first-order valence-corrected chi connectivity index (χ1v) is 36.1. The van der Waals surface area contributed by atoms with E-state index < -0.39 is 69.5 Å². The summed E-state index contributed by atoms with van der Waals surface area (Å²) in [7, 11) is 4.99. The molecule has 5 aliphatic heterocycles. The molecule has 2 N–H and O–H groups in total. The van der Waals surface area contributed by atoms with Crippen molar-refractivity contribution in [1.82, 2.24) is 39.1 Å². The zero-order valence-electron chi connectivity index (χ0n) is 58.4. The summed E-state index contributed by atoms with van der Waals surface area (Å²) in [5.74, 6) is -1.99. The first kappa shape index (κ1) is 76.2. The highest BCUT2D eigenvalue weighted by Crippen LogP contribution is 2.47. The molecule has 31 nitrogen and oxygen atoms in total. The van der Waals surface area contributed by atoms with E-state index in [2.05, 4.69) is 58.7 Å². The van der Waals surface area contributed by atoms with Crippen LogP contribution in [0.15, 0.2) is 82.5 Å². The highest BCUT2D eigenvalue weighted by molar-refractivity contribution is 7.94. The number of hydrogen-bond acceptors (Lipinski definition) is 24. The van der Waals surface area contributed by atoms with Crippen LogP contribution in [-0.2, 0) is 92.4 Å². The molecule has 0 unspecified atom stereocenters. The maximum Gasteiger partial charge on any atom is 0.345 e. The molecule has 4 fully saturated rings. The number of aromatic carboxylic acids is 1. The smallest absolute Gasteiger partial charge is 0.345 e. The number of carbonyl (C=O) groups is 5. The minimum Gasteiger partial charge on any atom is -0.490 e. The van der Waals surface area contributed by atoms with E-state index in [0.29, 0.717) is 94.5 Å². The number of halogens is 1. The number of carboxylic acids is 1. The van der Waals surface area contributed by atoms with E-state index in [1.807, 2.05) is 25.1 Å². The Morgan fingerprint density at radius 3 is 1.85 bits per heavy atom. The molecule has 2 bridgehead atoms. The van der Waals surface area contributed by atoms with Crippen molar-refractivity contribution in [3.63, 3.8) is 0 Å². The van der Waals surface area contributed by atoms with Crippen molar-refractivity contribution in [2.75, 3.05) is 116 Å². The molecule has 6 atom stereocenters. The molecule has 0 radical (unpaired) electrons. The van der Waals surface area contributed by atoms with Gasteiger partial charge in [-0.3, -0.25) is 38.2 Å². The number of hydrogen-bond donors (Lipinski definition) is 2. The summed E-state index contributed by atoms with van der Waals surface area (Å²) in [5, 5.41) is 24.3. The van der Waals surface area contributed by atoms with Crippen LogP contribution in [0.2, 0.25) is 5.02 Å². The number of anilines is 1. The van der Waals surface area contributed by atoms with Crippen LogP contribution < -0.4 is 29.4 Å². The van der Waals surface area contributed by atoms with Gasteiger partial charge in [0.15, 0.2) is 24.7 Å². The summed E-state index contributed by atoms with van der Waals surface area (Å²) in [6, 6.07) is 11.6. The highest BCUT2D eigenvalue weighted by Gasteiger charge is 2.45. The summed E-state index contributed by atoms with van der Waals surface area (Å²) in [6.45, 7) is 11.4. The number of ketones is 1. The fraction of sp³-hybridized carbons (Fsp3) is 0.551. The van der Waals surface area contributed by atoms with E-state index in [1.165, 1.54) is 48.4 Å². The number of Topliss-reactive ketones (excluding diaryl/α,β-unsaturated/α-hetero) is 1. The van der Waals surface area contributed by atoms with Crippen molar-refractivity contribution in [2.45, 2.75) is 89.7 Å². The van der Waals surface area contributed by atoms with Crippen molar-refractivity contribution in [1.29, 1.82) is 0 Å². The van der Waals surface area contributed by atoms with Crippen LogP contribution in [0.4, 0.5) is 5.69 Å². The molecule has 13 rings (SSSR count). The second-order valence-corrected chi connectivity index (χ2v) is 28.3. The summed E-state index contributed by atoms with van der Waals surface area (Å²) >= 11 is 6.48. The molecule has 1 spiro atoms. The second kappa shape index (κ2) is 35.1. The average molecular weight is 1460 g/mol. The predicted molar refractivity (Wildman–Crippen MR) is 367 cm³/mol. The summed E-state index contributed by atoms with van der Waals surface area (Å²) in [6.07, 6.45) is 14.3. The number of carboxylic acid groups (broad SMARTS) is 1. The van der Waals surface area contributed by atoms with Gasteiger partial charge in [-0.25, -0.2) is 18.6 Å². The fourth-order valence-corrected chi connectivity index (χ4v) is 15.4. The van der Waals surface area contributed by atoms with Gasteiger partial charge in [-0.15, -0.1) is 15.3 Å². The Balaban J connectivity index is 0.000000194. The molecular weight excluding hydrogens is 1370 g/mol. The van der Waals surface area contributed by atoms with E-state index in [0.717, 1.165) is 49.4 Å². The normalized spacial score (nSPS) is 23.0. The largest absolute Gasteiger partial charge is 0.490 e. The first-order valence-electron chi connectivity index (χ1n) is 33.9. The lowest BCUT2D eigenvalue weighted by Crippen LogP contribution is -2.49. The van der Waals surface area contributed by atoms with Gasteiger partial charge < -0.3 is 71.6 Å². The number of nitrogens with one attached hydrogen (secondary N) is 1. The monoisotopic (exact) mass is 1460 g/mol. The molecule has 1 amide bonds. The van der Waals surface area contributed by atoms with Gasteiger partial charge in [0.2, 0.25) is 17.6 Å². The second-order valence-electron chi connectivity index (χ2n) is 25.5. The maximum atomic E-state index is 14.9. The molecule has 6 aromatic rings. The van der Waals surface area contributed by atoms with Crippen LogP contribution in [0.25, 0.3) is 0 Å². The summed E-state index contributed by atoms with van der Waals surface area (Å²) < 4.78 is 95.7. The molecule has 33 heteroatoms. The number of fused-ring (bicyclic) bond motifs is 4. The Bertz CT molecular complexity index is 4120. The Hall–Kier alpha value is -8.47. The Morgan fingerprint density at radius 2 is 1.30 bits per heavy atom. The number of amides is 1. The third-order valence-corrected chi connectivity index (χ3v) is 20.4. The zero-order chi connectivity index (χ0) is 72.7. The number of aromatic nitrogens is 8. The quantitative estimate of drug-likeness (QED) is 0.0524. The van der Waals surface area contributed by atoms with E-state index in [9.17, 15) is 33.0 Å². The van der Waals surface area contributed by atoms with Crippen LogP contribution >= 0.6 is 11.6 Å². The molecule has 1 saturated carbocycles. The number of allylic oxidation sites excluding steroid dienone is 1. The minimum absolute atomic E-state index is 0.0282.